The standard InChI is InChI=1S/C12H6F6N2O/c13-11(14,15)7-4-2-1-3-6(7)8-5-9(21)20-10(19-8)12(16,17)18/h1-5H,(H,19,20,21). The lowest BCUT2D eigenvalue weighted by atomic mass is 10.0. The van der Waals surface area contributed by atoms with E-state index in [-0.39, 0.29) is 0 Å². The van der Waals surface area contributed by atoms with Gasteiger partial charge in [-0.05, 0) is 6.07 Å². The van der Waals surface area contributed by atoms with Crippen molar-refractivity contribution in [3.8, 4) is 11.3 Å². The number of halogens is 6. The summed E-state index contributed by atoms with van der Waals surface area (Å²) in [5, 5.41) is 0. The molecule has 0 radical (unpaired) electrons. The van der Waals surface area contributed by atoms with Crippen molar-refractivity contribution >= 4 is 0 Å². The summed E-state index contributed by atoms with van der Waals surface area (Å²) >= 11 is 0. The summed E-state index contributed by atoms with van der Waals surface area (Å²) < 4.78 is 76.1. The van der Waals surface area contributed by atoms with E-state index in [9.17, 15) is 31.1 Å². The Balaban J connectivity index is 2.69. The predicted octanol–water partition coefficient (Wildman–Crippen LogP) is 3.47. The van der Waals surface area contributed by atoms with Gasteiger partial charge in [0.05, 0.1) is 11.3 Å². The molecule has 0 atom stereocenters. The van der Waals surface area contributed by atoms with E-state index < -0.39 is 40.6 Å². The van der Waals surface area contributed by atoms with Gasteiger partial charge in [0.1, 0.15) is 0 Å². The molecule has 1 heterocycles. The Morgan fingerprint density at radius 3 is 2.14 bits per heavy atom. The third-order valence-electron chi connectivity index (χ3n) is 2.52. The van der Waals surface area contributed by atoms with Gasteiger partial charge in [-0.1, -0.05) is 18.2 Å². The van der Waals surface area contributed by atoms with Gasteiger partial charge >= 0.3 is 12.4 Å². The second-order valence-corrected chi connectivity index (χ2v) is 4.02. The molecule has 2 rings (SSSR count). The van der Waals surface area contributed by atoms with E-state index in [4.69, 9.17) is 0 Å². The van der Waals surface area contributed by atoms with E-state index in [1.807, 2.05) is 0 Å². The molecule has 1 aromatic carbocycles. The Hall–Kier alpha value is -2.32. The first-order valence-corrected chi connectivity index (χ1v) is 5.44. The Morgan fingerprint density at radius 2 is 1.57 bits per heavy atom. The largest absolute Gasteiger partial charge is 0.449 e. The molecule has 0 aliphatic heterocycles. The van der Waals surface area contributed by atoms with Crippen LogP contribution in [-0.4, -0.2) is 9.97 Å². The highest BCUT2D eigenvalue weighted by atomic mass is 19.4. The maximum Gasteiger partial charge on any atom is 0.449 e. The van der Waals surface area contributed by atoms with Crippen LogP contribution in [-0.2, 0) is 12.4 Å². The molecule has 112 valence electrons. The van der Waals surface area contributed by atoms with E-state index in [0.29, 0.717) is 12.1 Å². The summed E-state index contributed by atoms with van der Waals surface area (Å²) in [6.45, 7) is 0. The zero-order chi connectivity index (χ0) is 15.8. The minimum absolute atomic E-state index is 0.583. The second kappa shape index (κ2) is 4.90. The van der Waals surface area contributed by atoms with Crippen LogP contribution in [0.5, 0.6) is 0 Å². The zero-order valence-electron chi connectivity index (χ0n) is 10.0. The molecule has 2 aromatic rings. The number of H-pyrrole nitrogens is 1. The van der Waals surface area contributed by atoms with E-state index in [1.54, 1.807) is 0 Å². The number of hydrogen-bond acceptors (Lipinski definition) is 2. The van der Waals surface area contributed by atoms with Crippen molar-refractivity contribution in [2.24, 2.45) is 0 Å². The number of rotatable bonds is 1. The molecule has 0 fully saturated rings. The maximum absolute atomic E-state index is 12.8. The van der Waals surface area contributed by atoms with E-state index >= 15 is 0 Å². The van der Waals surface area contributed by atoms with Crippen LogP contribution in [0.4, 0.5) is 26.3 Å². The average Bonchev–Trinajstić information content (AvgIpc) is 2.36. The van der Waals surface area contributed by atoms with Crippen molar-refractivity contribution in [2.45, 2.75) is 12.4 Å². The van der Waals surface area contributed by atoms with Crippen LogP contribution in [0.3, 0.4) is 0 Å². The minimum Gasteiger partial charge on any atom is -0.303 e. The summed E-state index contributed by atoms with van der Waals surface area (Å²) in [7, 11) is 0. The van der Waals surface area contributed by atoms with Crippen molar-refractivity contribution in [2.75, 3.05) is 0 Å². The Kier molecular flexibility index (Phi) is 3.52. The van der Waals surface area contributed by atoms with Crippen molar-refractivity contribution in [3.05, 3.63) is 52.1 Å². The van der Waals surface area contributed by atoms with Crippen molar-refractivity contribution < 1.29 is 26.3 Å². The van der Waals surface area contributed by atoms with Crippen LogP contribution < -0.4 is 5.56 Å². The van der Waals surface area contributed by atoms with E-state index in [2.05, 4.69) is 4.98 Å². The fourth-order valence-corrected chi connectivity index (χ4v) is 1.68. The highest BCUT2D eigenvalue weighted by Gasteiger charge is 2.36. The van der Waals surface area contributed by atoms with Gasteiger partial charge in [-0.3, -0.25) is 4.79 Å². The zero-order valence-corrected chi connectivity index (χ0v) is 10.0. The fourth-order valence-electron chi connectivity index (χ4n) is 1.68. The smallest absolute Gasteiger partial charge is 0.303 e. The van der Waals surface area contributed by atoms with Gasteiger partial charge < -0.3 is 4.98 Å². The topological polar surface area (TPSA) is 45.8 Å². The quantitative estimate of drug-likeness (QED) is 0.820. The predicted molar refractivity (Wildman–Crippen MR) is 60.3 cm³/mol. The molecule has 0 aliphatic carbocycles. The van der Waals surface area contributed by atoms with Gasteiger partial charge in [-0.15, -0.1) is 0 Å². The maximum atomic E-state index is 12.8. The Morgan fingerprint density at radius 1 is 0.952 bits per heavy atom. The van der Waals surface area contributed by atoms with Crippen LogP contribution in [0.15, 0.2) is 35.1 Å². The van der Waals surface area contributed by atoms with Crippen molar-refractivity contribution in [3.63, 3.8) is 0 Å². The van der Waals surface area contributed by atoms with Gasteiger partial charge in [0.2, 0.25) is 5.82 Å². The SMILES string of the molecule is O=c1cc(-c2ccccc2C(F)(F)F)nc(C(F)(F)F)[nH]1. The summed E-state index contributed by atoms with van der Waals surface area (Å²) in [4.78, 5) is 15.7. The molecular formula is C12H6F6N2O. The summed E-state index contributed by atoms with van der Waals surface area (Å²) in [5.41, 5.74) is -3.65. The van der Waals surface area contributed by atoms with Gasteiger partial charge in [-0.25, -0.2) is 4.98 Å². The lowest BCUT2D eigenvalue weighted by Gasteiger charge is -2.13. The third-order valence-corrected chi connectivity index (χ3v) is 2.52. The van der Waals surface area contributed by atoms with Crippen molar-refractivity contribution in [1.29, 1.82) is 0 Å². The monoisotopic (exact) mass is 308 g/mol. The number of aromatic nitrogens is 2. The lowest BCUT2D eigenvalue weighted by Crippen LogP contribution is -2.19. The highest BCUT2D eigenvalue weighted by molar-refractivity contribution is 5.64. The van der Waals surface area contributed by atoms with Gasteiger partial charge in [0.15, 0.2) is 0 Å². The molecule has 0 unspecified atom stereocenters. The normalized spacial score (nSPS) is 12.5. The lowest BCUT2D eigenvalue weighted by molar-refractivity contribution is -0.145. The number of alkyl halides is 6. The molecular weight excluding hydrogens is 302 g/mol. The Bertz CT molecular complexity index is 717. The van der Waals surface area contributed by atoms with Crippen LogP contribution in [0, 0.1) is 0 Å². The number of nitrogens with zero attached hydrogens (tertiary/aromatic N) is 1. The molecule has 0 saturated carbocycles. The van der Waals surface area contributed by atoms with E-state index in [0.717, 1.165) is 12.1 Å². The molecule has 0 amide bonds. The molecule has 0 bridgehead atoms. The molecule has 9 heteroatoms. The first-order valence-electron chi connectivity index (χ1n) is 5.44. The summed E-state index contributed by atoms with van der Waals surface area (Å²) in [5.74, 6) is -1.65. The Labute approximate surface area is 113 Å². The van der Waals surface area contributed by atoms with Crippen LogP contribution in [0.2, 0.25) is 0 Å². The number of aromatic amines is 1. The molecule has 1 aromatic heterocycles. The first kappa shape index (κ1) is 15.1. The summed E-state index contributed by atoms with van der Waals surface area (Å²) in [6, 6.07) is 4.53. The minimum atomic E-state index is -4.97. The van der Waals surface area contributed by atoms with E-state index in [1.165, 1.54) is 11.1 Å². The van der Waals surface area contributed by atoms with Crippen LogP contribution in [0.25, 0.3) is 11.3 Å². The van der Waals surface area contributed by atoms with Crippen molar-refractivity contribution in [1.82, 2.24) is 9.97 Å². The molecule has 0 aliphatic rings. The second-order valence-electron chi connectivity index (χ2n) is 4.02. The first-order chi connectivity index (χ1) is 9.59. The third kappa shape index (κ3) is 3.23. The van der Waals surface area contributed by atoms with Gasteiger partial charge in [0, 0.05) is 11.6 Å². The molecule has 21 heavy (non-hydrogen) atoms. The molecule has 1 N–H and O–H groups in total. The number of hydrogen-bond donors (Lipinski definition) is 1. The molecule has 3 nitrogen and oxygen atoms in total. The van der Waals surface area contributed by atoms with Gasteiger partial charge in [-0.2, -0.15) is 26.3 Å². The average molecular weight is 308 g/mol. The molecule has 0 spiro atoms. The number of nitrogens with one attached hydrogen (secondary N) is 1. The summed E-state index contributed by atoms with van der Waals surface area (Å²) in [6.07, 6.45) is -9.75. The van der Waals surface area contributed by atoms with Crippen LogP contribution in [0.1, 0.15) is 11.4 Å². The number of benzene rings is 1. The highest BCUT2D eigenvalue weighted by Crippen LogP contribution is 2.36. The molecule has 0 saturated heterocycles. The van der Waals surface area contributed by atoms with Crippen LogP contribution >= 0.6 is 0 Å². The fraction of sp³-hybridized carbons (Fsp3) is 0.167. The van der Waals surface area contributed by atoms with Gasteiger partial charge in [0.25, 0.3) is 5.56 Å².